The fourth-order valence-electron chi connectivity index (χ4n) is 7.99. The number of carbonyl (C=O) groups is 1. The summed E-state index contributed by atoms with van der Waals surface area (Å²) < 4.78 is 0. The largest absolute Gasteiger partial charge is 0.394 e. The molecule has 1 amide bonds. The van der Waals surface area contributed by atoms with Crippen LogP contribution in [0.2, 0.25) is 0 Å². The molecule has 0 rings (SSSR count). The van der Waals surface area contributed by atoms with Gasteiger partial charge in [0.25, 0.3) is 0 Å². The van der Waals surface area contributed by atoms with E-state index < -0.39 is 12.1 Å². The first-order valence-corrected chi connectivity index (χ1v) is 26.5. The third-order valence-corrected chi connectivity index (χ3v) is 12.0. The number of allylic oxidation sites excluding steroid dienone is 9. The van der Waals surface area contributed by atoms with Gasteiger partial charge in [-0.05, 0) is 57.8 Å². The topological polar surface area (TPSA) is 69.6 Å². The Kier molecular flexibility index (Phi) is 49.8. The van der Waals surface area contributed by atoms with E-state index in [1.165, 1.54) is 199 Å². The van der Waals surface area contributed by atoms with E-state index in [9.17, 15) is 15.0 Å². The molecular formula is C56H103NO3. The number of unbranched alkanes of at least 4 members (excludes halogenated alkanes) is 33. The van der Waals surface area contributed by atoms with Gasteiger partial charge in [0.05, 0.1) is 18.8 Å². The lowest BCUT2D eigenvalue weighted by molar-refractivity contribution is -0.123. The fourth-order valence-corrected chi connectivity index (χ4v) is 7.99. The Morgan fingerprint density at radius 1 is 0.417 bits per heavy atom. The lowest BCUT2D eigenvalue weighted by Crippen LogP contribution is -2.45. The van der Waals surface area contributed by atoms with Crippen LogP contribution in [-0.4, -0.2) is 34.9 Å². The summed E-state index contributed by atoms with van der Waals surface area (Å²) in [5, 5.41) is 23.1. The molecule has 0 bridgehead atoms. The predicted octanol–water partition coefficient (Wildman–Crippen LogP) is 17.2. The lowest BCUT2D eigenvalue weighted by atomic mass is 10.0. The van der Waals surface area contributed by atoms with Crippen LogP contribution in [0, 0.1) is 0 Å². The van der Waals surface area contributed by atoms with Crippen LogP contribution in [-0.2, 0) is 4.79 Å². The molecule has 2 atom stereocenters. The van der Waals surface area contributed by atoms with Crippen molar-refractivity contribution in [2.75, 3.05) is 6.61 Å². The molecule has 0 saturated heterocycles. The second-order valence-corrected chi connectivity index (χ2v) is 17.9. The van der Waals surface area contributed by atoms with Crippen molar-refractivity contribution in [3.05, 3.63) is 60.8 Å². The molecule has 4 nitrogen and oxygen atoms in total. The quantitative estimate of drug-likeness (QED) is 0.0422. The second-order valence-electron chi connectivity index (χ2n) is 17.9. The van der Waals surface area contributed by atoms with Gasteiger partial charge in [0.2, 0.25) is 5.91 Å². The second kappa shape index (κ2) is 51.4. The first-order valence-electron chi connectivity index (χ1n) is 26.5. The van der Waals surface area contributed by atoms with Crippen molar-refractivity contribution >= 4 is 5.91 Å². The van der Waals surface area contributed by atoms with Gasteiger partial charge in [-0.1, -0.05) is 267 Å². The Morgan fingerprint density at radius 3 is 1.10 bits per heavy atom. The van der Waals surface area contributed by atoms with Crippen LogP contribution in [0.3, 0.4) is 0 Å². The number of aliphatic hydroxyl groups excluding tert-OH is 2. The van der Waals surface area contributed by atoms with E-state index in [1.54, 1.807) is 6.08 Å². The van der Waals surface area contributed by atoms with E-state index in [-0.39, 0.29) is 12.5 Å². The molecule has 0 aromatic carbocycles. The standard InChI is InChI=1S/C56H103NO3/c1-3-5-7-9-11-13-15-17-19-21-22-23-24-25-26-27-28-29-30-31-32-33-34-36-38-40-42-44-46-48-50-52-56(60)57-54(53-58)55(59)51-49-47-45-43-41-39-37-35-20-18-16-14-12-10-8-6-4-2/h5,7,11,13,17,19,22-23,49,51,54-55,58-59H,3-4,6,8-10,12,14-16,18,20-21,24-48,50,52-53H2,1-2H3,(H,57,60)/b7-5-,13-11-,19-17-,23-22-,51-49+. The van der Waals surface area contributed by atoms with Crippen molar-refractivity contribution in [1.82, 2.24) is 5.32 Å². The maximum atomic E-state index is 12.4. The number of nitrogens with one attached hydrogen (secondary N) is 1. The zero-order valence-electron chi connectivity index (χ0n) is 40.2. The smallest absolute Gasteiger partial charge is 0.220 e. The number of hydrogen-bond acceptors (Lipinski definition) is 3. The lowest BCUT2D eigenvalue weighted by Gasteiger charge is -2.20. The summed E-state index contributed by atoms with van der Waals surface area (Å²) in [6.07, 6.45) is 72.2. The van der Waals surface area contributed by atoms with Gasteiger partial charge in [-0.3, -0.25) is 4.79 Å². The number of hydrogen-bond donors (Lipinski definition) is 3. The van der Waals surface area contributed by atoms with Gasteiger partial charge in [0, 0.05) is 6.42 Å². The minimum atomic E-state index is -0.839. The van der Waals surface area contributed by atoms with Gasteiger partial charge in [0.15, 0.2) is 0 Å². The maximum Gasteiger partial charge on any atom is 0.220 e. The number of rotatable bonds is 48. The molecule has 0 radical (unpaired) electrons. The third-order valence-electron chi connectivity index (χ3n) is 12.0. The number of carbonyl (C=O) groups excluding carboxylic acids is 1. The molecule has 350 valence electrons. The first kappa shape index (κ1) is 58.1. The van der Waals surface area contributed by atoms with Crippen LogP contribution in [0.25, 0.3) is 0 Å². The van der Waals surface area contributed by atoms with Crippen LogP contribution in [0.4, 0.5) is 0 Å². The van der Waals surface area contributed by atoms with Gasteiger partial charge in [-0.25, -0.2) is 0 Å². The Labute approximate surface area is 375 Å². The Balaban J connectivity index is 3.48. The van der Waals surface area contributed by atoms with E-state index in [2.05, 4.69) is 67.8 Å². The number of aliphatic hydroxyl groups is 2. The van der Waals surface area contributed by atoms with Crippen LogP contribution >= 0.6 is 0 Å². The predicted molar refractivity (Wildman–Crippen MR) is 267 cm³/mol. The highest BCUT2D eigenvalue weighted by Crippen LogP contribution is 2.16. The minimum absolute atomic E-state index is 0.0620. The molecule has 60 heavy (non-hydrogen) atoms. The molecule has 0 heterocycles. The van der Waals surface area contributed by atoms with Crippen LogP contribution < -0.4 is 5.32 Å². The number of amides is 1. The van der Waals surface area contributed by atoms with E-state index >= 15 is 0 Å². The van der Waals surface area contributed by atoms with E-state index in [4.69, 9.17) is 0 Å². The summed E-state index contributed by atoms with van der Waals surface area (Å²) in [5.74, 6) is -0.0620. The van der Waals surface area contributed by atoms with Gasteiger partial charge in [-0.2, -0.15) is 0 Å². The molecule has 0 spiro atoms. The van der Waals surface area contributed by atoms with E-state index in [0.29, 0.717) is 6.42 Å². The van der Waals surface area contributed by atoms with Crippen molar-refractivity contribution in [2.45, 2.75) is 283 Å². The van der Waals surface area contributed by atoms with Crippen LogP contribution in [0.15, 0.2) is 60.8 Å². The average molecular weight is 838 g/mol. The average Bonchev–Trinajstić information content (AvgIpc) is 3.25. The zero-order chi connectivity index (χ0) is 43.5. The first-order chi connectivity index (χ1) is 29.7. The molecule has 0 saturated carbocycles. The Morgan fingerprint density at radius 2 is 0.733 bits per heavy atom. The van der Waals surface area contributed by atoms with Crippen molar-refractivity contribution in [3.8, 4) is 0 Å². The molecule has 0 aliphatic heterocycles. The molecule has 4 heteroatoms. The third kappa shape index (κ3) is 47.1. The molecule has 2 unspecified atom stereocenters. The summed E-state index contributed by atoms with van der Waals surface area (Å²) in [6, 6.07) is -0.622. The highest BCUT2D eigenvalue weighted by Gasteiger charge is 2.18. The SMILES string of the molecule is CC/C=C\C/C=C\C/C=C\C/C=C\CCCCCCCCCCCCCCCCCCCCC(=O)NC(CO)C(O)/C=C/CCCCCCCCCCCCCCCCC. The summed E-state index contributed by atoms with van der Waals surface area (Å²) >= 11 is 0. The van der Waals surface area contributed by atoms with Crippen LogP contribution in [0.5, 0.6) is 0 Å². The van der Waals surface area contributed by atoms with Crippen LogP contribution in [0.1, 0.15) is 271 Å². The van der Waals surface area contributed by atoms with Gasteiger partial charge < -0.3 is 15.5 Å². The summed E-state index contributed by atoms with van der Waals surface area (Å²) in [7, 11) is 0. The van der Waals surface area contributed by atoms with Crippen molar-refractivity contribution in [2.24, 2.45) is 0 Å². The van der Waals surface area contributed by atoms with Crippen molar-refractivity contribution in [3.63, 3.8) is 0 Å². The maximum absolute atomic E-state index is 12.4. The van der Waals surface area contributed by atoms with Crippen molar-refractivity contribution in [1.29, 1.82) is 0 Å². The van der Waals surface area contributed by atoms with Crippen molar-refractivity contribution < 1.29 is 15.0 Å². The van der Waals surface area contributed by atoms with Gasteiger partial charge in [0.1, 0.15) is 0 Å². The molecule has 3 N–H and O–H groups in total. The molecule has 0 aromatic heterocycles. The van der Waals surface area contributed by atoms with Gasteiger partial charge >= 0.3 is 0 Å². The van der Waals surface area contributed by atoms with E-state index in [1.807, 2.05) is 6.08 Å². The highest BCUT2D eigenvalue weighted by molar-refractivity contribution is 5.76. The van der Waals surface area contributed by atoms with E-state index in [0.717, 1.165) is 51.4 Å². The summed E-state index contributed by atoms with van der Waals surface area (Å²) in [6.45, 7) is 4.21. The Hall–Kier alpha value is -1.91. The minimum Gasteiger partial charge on any atom is -0.394 e. The summed E-state index contributed by atoms with van der Waals surface area (Å²) in [5.41, 5.74) is 0. The normalized spacial score (nSPS) is 13.3. The molecular weight excluding hydrogens is 735 g/mol. The Bertz CT molecular complexity index is 996. The molecule has 0 aliphatic rings. The zero-order valence-corrected chi connectivity index (χ0v) is 40.2. The molecule has 0 aliphatic carbocycles. The highest BCUT2D eigenvalue weighted by atomic mass is 16.3. The summed E-state index contributed by atoms with van der Waals surface area (Å²) in [4.78, 5) is 12.4. The molecule has 0 fully saturated rings. The monoisotopic (exact) mass is 838 g/mol. The van der Waals surface area contributed by atoms with Gasteiger partial charge in [-0.15, -0.1) is 0 Å². The molecule has 0 aromatic rings. The fraction of sp³-hybridized carbons (Fsp3) is 0.804.